The first kappa shape index (κ1) is 15.1. The Labute approximate surface area is 135 Å². The summed E-state index contributed by atoms with van der Waals surface area (Å²) in [6.45, 7) is 2.18. The van der Waals surface area contributed by atoms with E-state index in [2.05, 4.69) is 49.4 Å². The fourth-order valence-corrected chi connectivity index (χ4v) is 4.07. The maximum atomic E-state index is 11.0. The van der Waals surface area contributed by atoms with E-state index in [0.717, 1.165) is 17.2 Å². The molecular weight excluding hydrogens is 292 g/mol. The number of hydrogen-bond acceptors (Lipinski definition) is 3. The van der Waals surface area contributed by atoms with Crippen LogP contribution in [0.15, 0.2) is 47.5 Å². The Kier molecular flexibility index (Phi) is 4.21. The van der Waals surface area contributed by atoms with Gasteiger partial charge in [-0.15, -0.1) is 11.8 Å². The van der Waals surface area contributed by atoms with Crippen LogP contribution in [0.3, 0.4) is 0 Å². The van der Waals surface area contributed by atoms with E-state index >= 15 is 0 Å². The molecule has 4 heteroatoms. The SMILES string of the molecule is CC1(c2ccc3ccccc3c2)CCSC(CCC(N)=O)=N1. The molecule has 0 bridgehead atoms. The number of thioether (sulfide) groups is 1. The standard InChI is InChI=1S/C18H20N2OS/c1-18(10-11-22-17(20-18)9-8-16(19)21)15-7-6-13-4-2-3-5-14(13)12-15/h2-7,12H,8-11H2,1H3,(H2,19,21). The molecule has 1 aliphatic rings. The zero-order chi connectivity index (χ0) is 15.6. The lowest BCUT2D eigenvalue weighted by Gasteiger charge is -2.31. The van der Waals surface area contributed by atoms with Crippen molar-refractivity contribution in [3.05, 3.63) is 48.0 Å². The van der Waals surface area contributed by atoms with Crippen LogP contribution in [-0.2, 0) is 10.3 Å². The second-order valence-electron chi connectivity index (χ2n) is 5.91. The molecule has 0 saturated heterocycles. The van der Waals surface area contributed by atoms with Gasteiger partial charge in [0.05, 0.1) is 10.6 Å². The highest BCUT2D eigenvalue weighted by molar-refractivity contribution is 8.14. The maximum absolute atomic E-state index is 11.0. The molecule has 22 heavy (non-hydrogen) atoms. The second kappa shape index (κ2) is 6.13. The van der Waals surface area contributed by atoms with Gasteiger partial charge in [-0.2, -0.15) is 0 Å². The molecule has 3 nitrogen and oxygen atoms in total. The first-order valence-corrected chi connectivity index (χ1v) is 8.54. The predicted octanol–water partition coefficient (Wildman–Crippen LogP) is 3.86. The van der Waals surface area contributed by atoms with Gasteiger partial charge in [0, 0.05) is 18.6 Å². The molecule has 0 radical (unpaired) electrons. The fourth-order valence-electron chi connectivity index (χ4n) is 2.82. The smallest absolute Gasteiger partial charge is 0.217 e. The van der Waals surface area contributed by atoms with E-state index in [9.17, 15) is 4.79 Å². The summed E-state index contributed by atoms with van der Waals surface area (Å²) in [5, 5.41) is 3.53. The minimum absolute atomic E-state index is 0.206. The van der Waals surface area contributed by atoms with Crippen molar-refractivity contribution in [3.8, 4) is 0 Å². The first-order valence-electron chi connectivity index (χ1n) is 7.56. The normalized spacial score (nSPS) is 21.6. The first-order chi connectivity index (χ1) is 10.6. The minimum atomic E-state index is -0.263. The highest BCUT2D eigenvalue weighted by atomic mass is 32.2. The number of carbonyl (C=O) groups is 1. The molecule has 2 aromatic rings. The lowest BCUT2D eigenvalue weighted by molar-refractivity contribution is -0.117. The van der Waals surface area contributed by atoms with Gasteiger partial charge in [0.2, 0.25) is 5.91 Å². The van der Waals surface area contributed by atoms with Gasteiger partial charge >= 0.3 is 0 Å². The molecule has 0 fully saturated rings. The molecular formula is C18H20N2OS. The van der Waals surface area contributed by atoms with E-state index in [1.807, 2.05) is 0 Å². The van der Waals surface area contributed by atoms with Crippen molar-refractivity contribution in [2.24, 2.45) is 10.7 Å². The molecule has 1 atom stereocenters. The number of hydrogen-bond donors (Lipinski definition) is 1. The van der Waals surface area contributed by atoms with Gasteiger partial charge in [-0.05, 0) is 35.7 Å². The Morgan fingerprint density at radius 2 is 2.05 bits per heavy atom. The van der Waals surface area contributed by atoms with Crippen LogP contribution in [0.4, 0.5) is 0 Å². The Balaban J connectivity index is 1.92. The van der Waals surface area contributed by atoms with E-state index in [0.29, 0.717) is 12.8 Å². The van der Waals surface area contributed by atoms with Gasteiger partial charge in [0.25, 0.3) is 0 Å². The fraction of sp³-hybridized carbons (Fsp3) is 0.333. The van der Waals surface area contributed by atoms with Crippen LogP contribution in [0, 0.1) is 0 Å². The largest absolute Gasteiger partial charge is 0.370 e. The summed E-state index contributed by atoms with van der Waals surface area (Å²) < 4.78 is 0. The quantitative estimate of drug-likeness (QED) is 0.932. The molecule has 0 saturated carbocycles. The average Bonchev–Trinajstić information content (AvgIpc) is 2.52. The van der Waals surface area contributed by atoms with Crippen LogP contribution < -0.4 is 5.73 Å². The molecule has 1 heterocycles. The van der Waals surface area contributed by atoms with Crippen molar-refractivity contribution in [1.29, 1.82) is 0 Å². The summed E-state index contributed by atoms with van der Waals surface area (Å²) in [5.41, 5.74) is 6.28. The summed E-state index contributed by atoms with van der Waals surface area (Å²) in [6.07, 6.45) is 2.04. The summed E-state index contributed by atoms with van der Waals surface area (Å²) in [6, 6.07) is 15.0. The zero-order valence-electron chi connectivity index (χ0n) is 12.7. The van der Waals surface area contributed by atoms with E-state index in [1.165, 1.54) is 16.3 Å². The lowest BCUT2D eigenvalue weighted by Crippen LogP contribution is -2.26. The Morgan fingerprint density at radius 3 is 2.82 bits per heavy atom. The third kappa shape index (κ3) is 3.17. The van der Waals surface area contributed by atoms with Crippen LogP contribution in [0.5, 0.6) is 0 Å². The van der Waals surface area contributed by atoms with Gasteiger partial charge < -0.3 is 5.73 Å². The van der Waals surface area contributed by atoms with Crippen molar-refractivity contribution in [1.82, 2.24) is 0 Å². The van der Waals surface area contributed by atoms with Crippen LogP contribution in [0.25, 0.3) is 10.8 Å². The number of aliphatic imine (C=N–C) groups is 1. The number of rotatable bonds is 4. The molecule has 3 rings (SSSR count). The average molecular weight is 312 g/mol. The van der Waals surface area contributed by atoms with Gasteiger partial charge in [-0.3, -0.25) is 9.79 Å². The van der Waals surface area contributed by atoms with Gasteiger partial charge in [0.15, 0.2) is 0 Å². The Morgan fingerprint density at radius 1 is 1.27 bits per heavy atom. The third-order valence-electron chi connectivity index (χ3n) is 4.19. The predicted molar refractivity (Wildman–Crippen MR) is 94.2 cm³/mol. The summed E-state index contributed by atoms with van der Waals surface area (Å²) >= 11 is 1.75. The number of carbonyl (C=O) groups excluding carboxylic acids is 1. The van der Waals surface area contributed by atoms with Gasteiger partial charge in [-0.25, -0.2) is 0 Å². The van der Waals surface area contributed by atoms with Crippen molar-refractivity contribution in [3.63, 3.8) is 0 Å². The van der Waals surface area contributed by atoms with Crippen LogP contribution in [-0.4, -0.2) is 16.7 Å². The molecule has 0 spiro atoms. The van der Waals surface area contributed by atoms with Crippen LogP contribution >= 0.6 is 11.8 Å². The number of fused-ring (bicyclic) bond motifs is 1. The van der Waals surface area contributed by atoms with Gasteiger partial charge in [-0.1, -0.05) is 36.4 Å². The molecule has 2 N–H and O–H groups in total. The topological polar surface area (TPSA) is 55.5 Å². The van der Waals surface area contributed by atoms with Crippen molar-refractivity contribution in [2.45, 2.75) is 31.7 Å². The number of nitrogens with zero attached hydrogens (tertiary/aromatic N) is 1. The number of nitrogens with two attached hydrogens (primary N) is 1. The van der Waals surface area contributed by atoms with Crippen molar-refractivity contribution < 1.29 is 4.79 Å². The van der Waals surface area contributed by atoms with Gasteiger partial charge in [0.1, 0.15) is 0 Å². The summed E-state index contributed by atoms with van der Waals surface area (Å²) in [4.78, 5) is 15.9. The van der Waals surface area contributed by atoms with Crippen LogP contribution in [0.1, 0.15) is 31.7 Å². The summed E-state index contributed by atoms with van der Waals surface area (Å²) in [5.74, 6) is 0.766. The Hall–Kier alpha value is -1.81. The van der Waals surface area contributed by atoms with Crippen molar-refractivity contribution >= 4 is 33.5 Å². The molecule has 0 aliphatic carbocycles. The third-order valence-corrected chi connectivity index (χ3v) is 5.22. The van der Waals surface area contributed by atoms with E-state index in [-0.39, 0.29) is 11.4 Å². The monoisotopic (exact) mass is 312 g/mol. The van der Waals surface area contributed by atoms with Crippen molar-refractivity contribution in [2.75, 3.05) is 5.75 Å². The zero-order valence-corrected chi connectivity index (χ0v) is 13.5. The van der Waals surface area contributed by atoms with E-state index < -0.39 is 0 Å². The highest BCUT2D eigenvalue weighted by Crippen LogP contribution is 2.37. The Bertz CT molecular complexity index is 741. The molecule has 1 unspecified atom stereocenters. The minimum Gasteiger partial charge on any atom is -0.370 e. The molecule has 2 aromatic carbocycles. The second-order valence-corrected chi connectivity index (χ2v) is 7.07. The molecule has 1 amide bonds. The molecule has 114 valence electrons. The van der Waals surface area contributed by atoms with E-state index in [4.69, 9.17) is 10.7 Å². The number of amides is 1. The van der Waals surface area contributed by atoms with Crippen LogP contribution in [0.2, 0.25) is 0 Å². The molecule has 1 aliphatic heterocycles. The summed E-state index contributed by atoms with van der Waals surface area (Å²) in [7, 11) is 0. The molecule has 0 aromatic heterocycles. The number of benzene rings is 2. The highest BCUT2D eigenvalue weighted by Gasteiger charge is 2.30. The maximum Gasteiger partial charge on any atom is 0.217 e. The lowest BCUT2D eigenvalue weighted by atomic mass is 9.88. The number of primary amides is 1. The van der Waals surface area contributed by atoms with E-state index in [1.54, 1.807) is 11.8 Å².